The number of allylic oxidation sites excluding steroid dienone is 3. The number of ether oxygens (including phenoxy) is 1. The van der Waals surface area contributed by atoms with Crippen LogP contribution in [0.15, 0.2) is 94.9 Å². The molecule has 0 spiro atoms. The average Bonchev–Trinajstić information content (AvgIpc) is 2.86. The van der Waals surface area contributed by atoms with Crippen molar-refractivity contribution in [3.8, 4) is 0 Å². The minimum absolute atomic E-state index is 0.202. The number of benzene rings is 2. The van der Waals surface area contributed by atoms with Crippen molar-refractivity contribution in [3.05, 3.63) is 118 Å². The molecule has 0 saturated carbocycles. The van der Waals surface area contributed by atoms with E-state index in [0.29, 0.717) is 47.7 Å². The van der Waals surface area contributed by atoms with Gasteiger partial charge in [0.05, 0.1) is 0 Å². The van der Waals surface area contributed by atoms with Crippen molar-refractivity contribution in [2.75, 3.05) is 13.1 Å². The third kappa shape index (κ3) is 5.76. The summed E-state index contributed by atoms with van der Waals surface area (Å²) >= 11 is 1.19. The van der Waals surface area contributed by atoms with Crippen LogP contribution >= 0.6 is 11.8 Å². The highest BCUT2D eigenvalue weighted by Gasteiger charge is 2.34. The van der Waals surface area contributed by atoms with Crippen LogP contribution in [-0.2, 0) is 22.6 Å². The molecule has 2 aromatic carbocycles. The van der Waals surface area contributed by atoms with Crippen LogP contribution in [0.1, 0.15) is 24.5 Å². The molecule has 36 heavy (non-hydrogen) atoms. The normalized spacial score (nSPS) is 15.9. The minimum Gasteiger partial charge on any atom is -0.486 e. The number of amides is 1. The lowest BCUT2D eigenvalue weighted by molar-refractivity contribution is -0.120. The summed E-state index contributed by atoms with van der Waals surface area (Å²) in [6, 6.07) is 13.1. The topological polar surface area (TPSA) is 65.4 Å². The molecular formula is C28H27F2N3O2S. The van der Waals surface area contributed by atoms with E-state index in [2.05, 4.69) is 11.9 Å². The Morgan fingerprint density at radius 3 is 2.75 bits per heavy atom. The van der Waals surface area contributed by atoms with Gasteiger partial charge in [0.25, 0.3) is 5.91 Å². The first kappa shape index (κ1) is 25.4. The first-order chi connectivity index (χ1) is 17.4. The van der Waals surface area contributed by atoms with E-state index in [1.165, 1.54) is 23.9 Å². The zero-order chi connectivity index (χ0) is 25.7. The molecule has 0 unspecified atom stereocenters. The SMILES string of the molecule is C=C1C(C(=N)S/C(=C/CC)Cc2ccc(F)cc2F)=CN2CCNC(=O)C2=C1OCc1ccccc1. The third-order valence-corrected chi connectivity index (χ3v) is 6.75. The summed E-state index contributed by atoms with van der Waals surface area (Å²) in [5.41, 5.74) is 2.64. The van der Waals surface area contributed by atoms with Gasteiger partial charge >= 0.3 is 0 Å². The molecule has 2 aliphatic heterocycles. The maximum Gasteiger partial charge on any atom is 0.271 e. The van der Waals surface area contributed by atoms with Gasteiger partial charge in [-0.05, 0) is 28.5 Å². The first-order valence-electron chi connectivity index (χ1n) is 11.6. The molecule has 2 heterocycles. The molecule has 4 rings (SSSR count). The van der Waals surface area contributed by atoms with Crippen molar-refractivity contribution in [2.45, 2.75) is 26.4 Å². The highest BCUT2D eigenvalue weighted by molar-refractivity contribution is 8.17. The van der Waals surface area contributed by atoms with Crippen LogP contribution in [0.2, 0.25) is 0 Å². The average molecular weight is 508 g/mol. The fraction of sp³-hybridized carbons (Fsp3) is 0.214. The second kappa shape index (κ2) is 11.4. The summed E-state index contributed by atoms with van der Waals surface area (Å²) in [6.07, 6.45) is 4.61. The molecule has 1 amide bonds. The quantitative estimate of drug-likeness (QED) is 0.349. The van der Waals surface area contributed by atoms with Gasteiger partial charge in [0.15, 0.2) is 5.76 Å². The highest BCUT2D eigenvalue weighted by Crippen LogP contribution is 2.36. The first-order valence-corrected chi connectivity index (χ1v) is 12.5. The molecule has 0 bridgehead atoms. The van der Waals surface area contributed by atoms with Crippen molar-refractivity contribution < 1.29 is 18.3 Å². The molecule has 0 radical (unpaired) electrons. The monoisotopic (exact) mass is 507 g/mol. The molecule has 2 aliphatic rings. The molecule has 2 aromatic rings. The van der Waals surface area contributed by atoms with Crippen LogP contribution in [0.5, 0.6) is 0 Å². The number of halogens is 2. The molecular weight excluding hydrogens is 480 g/mol. The molecule has 1 saturated heterocycles. The summed E-state index contributed by atoms with van der Waals surface area (Å²) < 4.78 is 33.7. The van der Waals surface area contributed by atoms with Gasteiger partial charge in [0, 0.05) is 42.9 Å². The number of piperazine rings is 1. The van der Waals surface area contributed by atoms with Crippen molar-refractivity contribution in [1.29, 1.82) is 5.41 Å². The van der Waals surface area contributed by atoms with Crippen molar-refractivity contribution >= 4 is 22.7 Å². The van der Waals surface area contributed by atoms with Crippen LogP contribution < -0.4 is 5.32 Å². The van der Waals surface area contributed by atoms with E-state index in [1.54, 1.807) is 11.1 Å². The molecule has 8 heteroatoms. The zero-order valence-corrected chi connectivity index (χ0v) is 20.8. The number of carbonyl (C=O) groups is 1. The molecule has 1 fully saturated rings. The Labute approximate surface area is 213 Å². The number of nitrogens with one attached hydrogen (secondary N) is 2. The van der Waals surface area contributed by atoms with Gasteiger partial charge in [-0.2, -0.15) is 0 Å². The molecule has 2 N–H and O–H groups in total. The number of carbonyl (C=O) groups excluding carboxylic acids is 1. The lowest BCUT2D eigenvalue weighted by atomic mass is 10.0. The third-order valence-electron chi connectivity index (χ3n) is 5.76. The van der Waals surface area contributed by atoms with Gasteiger partial charge in [-0.1, -0.05) is 67.7 Å². The maximum atomic E-state index is 14.3. The zero-order valence-electron chi connectivity index (χ0n) is 19.9. The number of nitrogens with zero attached hydrogens (tertiary/aromatic N) is 1. The molecule has 0 aliphatic carbocycles. The van der Waals surface area contributed by atoms with Crippen LogP contribution in [0.25, 0.3) is 0 Å². The van der Waals surface area contributed by atoms with Gasteiger partial charge in [-0.3, -0.25) is 10.2 Å². The van der Waals surface area contributed by atoms with Gasteiger partial charge in [0.1, 0.15) is 29.0 Å². The van der Waals surface area contributed by atoms with Crippen molar-refractivity contribution in [2.24, 2.45) is 0 Å². The highest BCUT2D eigenvalue weighted by atomic mass is 32.2. The van der Waals surface area contributed by atoms with Crippen LogP contribution in [0, 0.1) is 17.0 Å². The number of fused-ring (bicyclic) bond motifs is 1. The van der Waals surface area contributed by atoms with E-state index in [0.717, 1.165) is 16.5 Å². The lowest BCUT2D eigenvalue weighted by Gasteiger charge is -2.35. The minimum atomic E-state index is -0.627. The largest absolute Gasteiger partial charge is 0.486 e. The summed E-state index contributed by atoms with van der Waals surface area (Å²) in [5, 5.41) is 11.9. The van der Waals surface area contributed by atoms with E-state index in [4.69, 9.17) is 10.1 Å². The van der Waals surface area contributed by atoms with Crippen LogP contribution in [-0.4, -0.2) is 28.9 Å². The Hall–Kier alpha value is -3.65. The maximum absolute atomic E-state index is 14.3. The van der Waals surface area contributed by atoms with Gasteiger partial charge < -0.3 is 15.0 Å². The summed E-state index contributed by atoms with van der Waals surface area (Å²) in [6.45, 7) is 7.37. The van der Waals surface area contributed by atoms with E-state index in [-0.39, 0.29) is 24.0 Å². The molecule has 0 aromatic heterocycles. The Balaban J connectivity index is 1.57. The van der Waals surface area contributed by atoms with Crippen LogP contribution in [0.4, 0.5) is 8.78 Å². The predicted octanol–water partition coefficient (Wildman–Crippen LogP) is 5.83. The number of hydrogen-bond donors (Lipinski definition) is 2. The lowest BCUT2D eigenvalue weighted by Crippen LogP contribution is -2.46. The summed E-state index contributed by atoms with van der Waals surface area (Å²) in [5.74, 6) is -1.16. The Bertz CT molecular complexity index is 1280. The Morgan fingerprint density at radius 1 is 1.25 bits per heavy atom. The standard InChI is InChI=1S/C28H27F2N3O2S/c1-3-7-22(14-20-10-11-21(29)15-24(20)30)36-27(31)23-16-33-13-12-32-28(34)25(33)26(18(23)2)35-17-19-8-5-4-6-9-19/h4-11,15-16,31H,2-3,12-14,17H2,1H3,(H,32,34)/b22-7+,31-27?. The Morgan fingerprint density at radius 2 is 2.03 bits per heavy atom. The summed E-state index contributed by atoms with van der Waals surface area (Å²) in [4.78, 5) is 15.3. The van der Waals surface area contributed by atoms with Gasteiger partial charge in [-0.25, -0.2) is 8.78 Å². The van der Waals surface area contributed by atoms with E-state index in [9.17, 15) is 13.6 Å². The van der Waals surface area contributed by atoms with Gasteiger partial charge in [0.2, 0.25) is 0 Å². The van der Waals surface area contributed by atoms with Crippen molar-refractivity contribution in [1.82, 2.24) is 10.2 Å². The van der Waals surface area contributed by atoms with E-state index in [1.807, 2.05) is 43.3 Å². The van der Waals surface area contributed by atoms with Crippen molar-refractivity contribution in [3.63, 3.8) is 0 Å². The number of thioether (sulfide) groups is 1. The van der Waals surface area contributed by atoms with E-state index >= 15 is 0 Å². The van der Waals surface area contributed by atoms with E-state index < -0.39 is 11.6 Å². The number of rotatable bonds is 8. The molecule has 0 atom stereocenters. The fourth-order valence-corrected chi connectivity index (χ4v) is 5.00. The van der Waals surface area contributed by atoms with Gasteiger partial charge in [-0.15, -0.1) is 0 Å². The molecule has 186 valence electrons. The fourth-order valence-electron chi connectivity index (χ4n) is 3.97. The second-order valence-electron chi connectivity index (χ2n) is 8.35. The smallest absolute Gasteiger partial charge is 0.271 e. The van der Waals surface area contributed by atoms with Crippen LogP contribution in [0.3, 0.4) is 0 Å². The predicted molar refractivity (Wildman–Crippen MR) is 139 cm³/mol. The summed E-state index contributed by atoms with van der Waals surface area (Å²) in [7, 11) is 0. The molecule has 5 nitrogen and oxygen atoms in total. The second-order valence-corrected chi connectivity index (χ2v) is 9.48. The number of hydrogen-bond acceptors (Lipinski definition) is 5. The Kier molecular flexibility index (Phi) is 8.05.